The van der Waals surface area contributed by atoms with E-state index in [4.69, 9.17) is 9.47 Å². The molecule has 0 bridgehead atoms. The maximum Gasteiger partial charge on any atom is 0.309 e. The summed E-state index contributed by atoms with van der Waals surface area (Å²) in [7, 11) is 0. The second kappa shape index (κ2) is 7.74. The van der Waals surface area contributed by atoms with Crippen molar-refractivity contribution in [2.75, 3.05) is 6.61 Å². The maximum absolute atomic E-state index is 12.6. The molecule has 0 N–H and O–H groups in total. The highest BCUT2D eigenvalue weighted by Crippen LogP contribution is 2.66. The van der Waals surface area contributed by atoms with Gasteiger partial charge in [0.05, 0.1) is 12.5 Å². The Morgan fingerprint density at radius 3 is 2.59 bits per heavy atom. The van der Waals surface area contributed by atoms with Crippen molar-refractivity contribution < 1.29 is 19.1 Å². The third-order valence-corrected chi connectivity index (χ3v) is 9.22. The monoisotopic (exact) mass is 402 g/mol. The summed E-state index contributed by atoms with van der Waals surface area (Å²) in [6.07, 6.45) is 11.6. The molecule has 0 heterocycles. The van der Waals surface area contributed by atoms with Crippen LogP contribution in [0.15, 0.2) is 11.6 Å². The lowest BCUT2D eigenvalue weighted by molar-refractivity contribution is -0.156. The van der Waals surface area contributed by atoms with Crippen molar-refractivity contribution in [1.29, 1.82) is 0 Å². The predicted molar refractivity (Wildman–Crippen MR) is 112 cm³/mol. The van der Waals surface area contributed by atoms with Crippen molar-refractivity contribution in [3.8, 4) is 0 Å². The van der Waals surface area contributed by atoms with Gasteiger partial charge in [-0.05, 0) is 80.5 Å². The van der Waals surface area contributed by atoms with Crippen LogP contribution in [0.4, 0.5) is 0 Å². The average Bonchev–Trinajstić information content (AvgIpc) is 3.05. The van der Waals surface area contributed by atoms with Gasteiger partial charge in [0, 0.05) is 12.8 Å². The van der Waals surface area contributed by atoms with Crippen LogP contribution < -0.4 is 0 Å². The van der Waals surface area contributed by atoms with Crippen molar-refractivity contribution in [2.24, 2.45) is 34.5 Å². The van der Waals surface area contributed by atoms with Gasteiger partial charge in [0.1, 0.15) is 6.10 Å². The van der Waals surface area contributed by atoms with Crippen LogP contribution in [-0.2, 0) is 19.1 Å². The van der Waals surface area contributed by atoms with Crippen molar-refractivity contribution in [2.45, 2.75) is 91.6 Å². The number of esters is 2. The van der Waals surface area contributed by atoms with Crippen LogP contribution in [0, 0.1) is 34.5 Å². The number of hydrogen-bond acceptors (Lipinski definition) is 4. The van der Waals surface area contributed by atoms with Crippen LogP contribution >= 0.6 is 0 Å². The van der Waals surface area contributed by atoms with Crippen LogP contribution in [0.3, 0.4) is 0 Å². The molecule has 0 aliphatic heterocycles. The molecular weight excluding hydrogens is 364 g/mol. The summed E-state index contributed by atoms with van der Waals surface area (Å²) < 4.78 is 11.1. The summed E-state index contributed by atoms with van der Waals surface area (Å²) in [5.74, 6) is 2.04. The largest absolute Gasteiger partial charge is 0.466 e. The van der Waals surface area contributed by atoms with Crippen LogP contribution in [0.1, 0.15) is 85.5 Å². The SMILES string of the molecule is CCOC(=O)C1CCC2C3CC=C4CC(OC(=O)CC)CCC4(C)C3CCC12C. The van der Waals surface area contributed by atoms with E-state index in [-0.39, 0.29) is 34.8 Å². The molecule has 0 radical (unpaired) electrons. The molecule has 4 aliphatic carbocycles. The van der Waals surface area contributed by atoms with E-state index in [1.165, 1.54) is 12.0 Å². The van der Waals surface area contributed by atoms with E-state index in [9.17, 15) is 9.59 Å². The molecule has 7 atom stereocenters. The summed E-state index contributed by atoms with van der Waals surface area (Å²) in [4.78, 5) is 24.4. The van der Waals surface area contributed by atoms with Crippen LogP contribution in [0.2, 0.25) is 0 Å². The summed E-state index contributed by atoms with van der Waals surface area (Å²) in [6, 6.07) is 0. The predicted octanol–water partition coefficient (Wildman–Crippen LogP) is 5.45. The molecule has 0 spiro atoms. The topological polar surface area (TPSA) is 52.6 Å². The Bertz CT molecular complexity index is 697. The molecule has 0 aromatic rings. The number of rotatable bonds is 4. The first-order valence-electron chi connectivity index (χ1n) is 11.9. The minimum atomic E-state index is -0.0720. The van der Waals surface area contributed by atoms with Gasteiger partial charge < -0.3 is 9.47 Å². The second-order valence-electron chi connectivity index (χ2n) is 10.4. The fourth-order valence-electron chi connectivity index (χ4n) is 7.63. The molecule has 3 saturated carbocycles. The summed E-state index contributed by atoms with van der Waals surface area (Å²) in [6.45, 7) is 9.09. The van der Waals surface area contributed by atoms with E-state index < -0.39 is 0 Å². The third-order valence-electron chi connectivity index (χ3n) is 9.22. The maximum atomic E-state index is 12.6. The number of carbonyl (C=O) groups is 2. The second-order valence-corrected chi connectivity index (χ2v) is 10.4. The fraction of sp³-hybridized carbons (Fsp3) is 0.840. The van der Waals surface area contributed by atoms with Crippen molar-refractivity contribution >= 4 is 11.9 Å². The van der Waals surface area contributed by atoms with Crippen molar-refractivity contribution in [3.05, 3.63) is 11.6 Å². The molecule has 0 amide bonds. The van der Waals surface area contributed by atoms with Gasteiger partial charge in [-0.2, -0.15) is 0 Å². The van der Waals surface area contributed by atoms with Crippen LogP contribution in [0.25, 0.3) is 0 Å². The number of ether oxygens (including phenoxy) is 2. The number of carbonyl (C=O) groups excluding carboxylic acids is 2. The van der Waals surface area contributed by atoms with Gasteiger partial charge >= 0.3 is 11.9 Å². The normalized spacial score (nSPS) is 43.4. The van der Waals surface area contributed by atoms with Gasteiger partial charge in [-0.25, -0.2) is 0 Å². The first-order chi connectivity index (χ1) is 13.8. The van der Waals surface area contributed by atoms with Crippen molar-refractivity contribution in [3.63, 3.8) is 0 Å². The highest BCUT2D eigenvalue weighted by atomic mass is 16.5. The highest BCUT2D eigenvalue weighted by molar-refractivity contribution is 5.74. The fourth-order valence-corrected chi connectivity index (χ4v) is 7.63. The van der Waals surface area contributed by atoms with Crippen LogP contribution in [0.5, 0.6) is 0 Å². The van der Waals surface area contributed by atoms with Gasteiger partial charge in [-0.3, -0.25) is 9.59 Å². The zero-order valence-corrected chi connectivity index (χ0v) is 18.7. The molecule has 3 fully saturated rings. The standard InChI is InChI=1S/C25H38O4/c1-5-22(26)29-17-11-13-24(3)16(15-17)7-8-18-19-9-10-21(23(27)28-6-2)25(19,4)14-12-20(18)24/h7,17-21H,5-6,8-15H2,1-4H3. The number of fused-ring (bicyclic) bond motifs is 5. The molecule has 0 aromatic carbocycles. The molecule has 7 unspecified atom stereocenters. The Kier molecular flexibility index (Phi) is 5.59. The molecule has 162 valence electrons. The minimum Gasteiger partial charge on any atom is -0.466 e. The van der Waals surface area contributed by atoms with Crippen molar-refractivity contribution in [1.82, 2.24) is 0 Å². The van der Waals surface area contributed by atoms with E-state index >= 15 is 0 Å². The lowest BCUT2D eigenvalue weighted by Crippen LogP contribution is -2.51. The Labute approximate surface area is 175 Å². The molecular formula is C25H38O4. The van der Waals surface area contributed by atoms with Gasteiger partial charge in [0.25, 0.3) is 0 Å². The quantitative estimate of drug-likeness (QED) is 0.463. The number of hydrogen-bond donors (Lipinski definition) is 0. The van der Waals surface area contributed by atoms with Gasteiger partial charge in [-0.1, -0.05) is 32.4 Å². The van der Waals surface area contributed by atoms with E-state index in [0.29, 0.717) is 30.8 Å². The summed E-state index contributed by atoms with van der Waals surface area (Å²) >= 11 is 0. The zero-order chi connectivity index (χ0) is 20.8. The molecule has 4 rings (SSSR count). The van der Waals surface area contributed by atoms with Gasteiger partial charge in [-0.15, -0.1) is 0 Å². The smallest absolute Gasteiger partial charge is 0.309 e. The molecule has 4 nitrogen and oxygen atoms in total. The van der Waals surface area contributed by atoms with E-state index in [1.54, 1.807) is 0 Å². The Balaban J connectivity index is 1.53. The highest BCUT2D eigenvalue weighted by Gasteiger charge is 2.60. The lowest BCUT2D eigenvalue weighted by Gasteiger charge is -2.57. The third kappa shape index (κ3) is 3.35. The molecule has 0 aromatic heterocycles. The Hall–Kier alpha value is -1.32. The first kappa shape index (κ1) is 20.9. The minimum absolute atomic E-state index is 0.0347. The molecule has 4 aliphatic rings. The van der Waals surface area contributed by atoms with E-state index in [2.05, 4.69) is 19.9 Å². The van der Waals surface area contributed by atoms with E-state index in [0.717, 1.165) is 44.9 Å². The first-order valence-corrected chi connectivity index (χ1v) is 11.9. The Morgan fingerprint density at radius 1 is 1.07 bits per heavy atom. The summed E-state index contributed by atoms with van der Waals surface area (Å²) in [5.41, 5.74) is 1.87. The van der Waals surface area contributed by atoms with Crippen LogP contribution in [-0.4, -0.2) is 24.6 Å². The molecule has 4 heteroatoms. The summed E-state index contributed by atoms with van der Waals surface area (Å²) in [5, 5.41) is 0. The van der Waals surface area contributed by atoms with Gasteiger partial charge in [0.2, 0.25) is 0 Å². The zero-order valence-electron chi connectivity index (χ0n) is 18.7. The average molecular weight is 403 g/mol. The molecule has 0 saturated heterocycles. The van der Waals surface area contributed by atoms with E-state index in [1.807, 2.05) is 13.8 Å². The number of allylic oxidation sites excluding steroid dienone is 1. The molecule has 29 heavy (non-hydrogen) atoms. The Morgan fingerprint density at radius 2 is 1.86 bits per heavy atom. The van der Waals surface area contributed by atoms with Gasteiger partial charge in [0.15, 0.2) is 0 Å². The lowest BCUT2D eigenvalue weighted by atomic mass is 9.47.